The van der Waals surface area contributed by atoms with E-state index in [-0.39, 0.29) is 41.9 Å². The molecule has 0 radical (unpaired) electrons. The third-order valence-corrected chi connectivity index (χ3v) is 6.46. The Kier molecular flexibility index (Phi) is 8.84. The number of aliphatic imine (C=N–C) groups is 1. The zero-order valence-corrected chi connectivity index (χ0v) is 23.0. The second kappa shape index (κ2) is 12.3. The fourth-order valence-corrected chi connectivity index (χ4v) is 4.61. The predicted octanol–water partition coefficient (Wildman–Crippen LogP) is 1.61. The summed E-state index contributed by atoms with van der Waals surface area (Å²) in [7, 11) is 0. The number of ether oxygens (including phenoxy) is 1. The Morgan fingerprint density at radius 2 is 1.65 bits per heavy atom. The number of carboxylic acid groups (broad SMARTS) is 1. The van der Waals surface area contributed by atoms with Gasteiger partial charge in [-0.2, -0.15) is 0 Å². The van der Waals surface area contributed by atoms with Crippen molar-refractivity contribution in [2.24, 2.45) is 4.99 Å². The molecule has 1 N–H and O–H groups in total. The average molecular weight is 517 g/mol. The van der Waals surface area contributed by atoms with Crippen LogP contribution < -0.4 is 44.7 Å². The summed E-state index contributed by atoms with van der Waals surface area (Å²) in [5.41, 5.74) is 3.28. The number of amidine groups is 1. The van der Waals surface area contributed by atoms with Crippen LogP contribution in [-0.2, 0) is 22.6 Å². The number of nitrogens with one attached hydrogen (secondary N) is 1. The van der Waals surface area contributed by atoms with Gasteiger partial charge in [-0.25, -0.2) is 4.99 Å². The molecule has 1 amide bonds. The van der Waals surface area contributed by atoms with Crippen LogP contribution in [0.4, 0.5) is 5.69 Å². The Morgan fingerprint density at radius 1 is 0.919 bits per heavy atom. The Morgan fingerprint density at radius 3 is 2.41 bits per heavy atom. The number of nitrogens with zero attached hydrogens (tertiary/aromatic N) is 1. The number of carboxylic acids is 1. The summed E-state index contributed by atoms with van der Waals surface area (Å²) < 4.78 is 5.93. The van der Waals surface area contributed by atoms with Crippen molar-refractivity contribution >= 4 is 51.3 Å². The van der Waals surface area contributed by atoms with Crippen molar-refractivity contribution < 1.29 is 49.0 Å². The molecule has 0 atom stereocenters. The van der Waals surface area contributed by atoms with E-state index in [2.05, 4.69) is 10.3 Å². The molecule has 178 valence electrons. The molecule has 1 saturated heterocycles. The minimum absolute atomic E-state index is 0. The zero-order chi connectivity index (χ0) is 24.9. The van der Waals surface area contributed by atoms with Gasteiger partial charge in [0.1, 0.15) is 12.4 Å². The van der Waals surface area contributed by atoms with Gasteiger partial charge in [0.2, 0.25) is 0 Å². The van der Waals surface area contributed by atoms with E-state index in [1.165, 1.54) is 11.8 Å². The number of hydrogen-bond acceptors (Lipinski definition) is 6. The molecule has 8 heteroatoms. The van der Waals surface area contributed by atoms with Gasteiger partial charge in [0.05, 0.1) is 10.6 Å². The van der Waals surface area contributed by atoms with Gasteiger partial charge < -0.3 is 20.0 Å². The van der Waals surface area contributed by atoms with Crippen LogP contribution >= 0.6 is 11.8 Å². The molecule has 0 unspecified atom stereocenters. The van der Waals surface area contributed by atoms with Crippen LogP contribution in [0, 0.1) is 0 Å². The minimum atomic E-state index is -1.13. The molecular weight excluding hydrogens is 495 g/mol. The van der Waals surface area contributed by atoms with Gasteiger partial charge in [-0.1, -0.05) is 60.7 Å². The number of fused-ring (bicyclic) bond motifs is 1. The first-order valence-corrected chi connectivity index (χ1v) is 12.1. The van der Waals surface area contributed by atoms with Crippen molar-refractivity contribution in [2.75, 3.05) is 0 Å². The Balaban J connectivity index is 0.00000320. The number of rotatable bonds is 7. The number of aliphatic carboxylic acids is 1. The molecule has 4 aromatic rings. The standard InChI is InChI=1S/C29H22N2O4S.Na/c32-27(33)16-19-7-11-24(12-8-19)30-29-31-28(34)26(36-29)15-21-6-9-23-17-25(13-10-22(23)14-21)35-18-20-4-2-1-3-5-20;/h1-15,17H,16,18H2,(H,32,33)(H,30,31,34);/q;+1/p-1. The van der Waals surface area contributed by atoms with Crippen molar-refractivity contribution in [2.45, 2.75) is 13.0 Å². The Hall–Kier alpha value is -3.36. The van der Waals surface area contributed by atoms with E-state index in [9.17, 15) is 14.7 Å². The molecule has 0 spiro atoms. The van der Waals surface area contributed by atoms with Crippen LogP contribution in [-0.4, -0.2) is 17.0 Å². The van der Waals surface area contributed by atoms with Crippen molar-refractivity contribution in [3.05, 3.63) is 113 Å². The number of amides is 1. The summed E-state index contributed by atoms with van der Waals surface area (Å²) in [4.78, 5) is 28.2. The third-order valence-electron chi connectivity index (χ3n) is 5.55. The molecule has 37 heavy (non-hydrogen) atoms. The summed E-state index contributed by atoms with van der Waals surface area (Å²) in [6, 6.07) is 28.8. The monoisotopic (exact) mass is 516 g/mol. The van der Waals surface area contributed by atoms with Crippen LogP contribution in [0.25, 0.3) is 16.8 Å². The molecule has 1 aliphatic rings. The molecule has 0 bridgehead atoms. The maximum atomic E-state index is 12.5. The van der Waals surface area contributed by atoms with Crippen molar-refractivity contribution in [3.63, 3.8) is 0 Å². The maximum absolute atomic E-state index is 12.5. The van der Waals surface area contributed by atoms with Crippen LogP contribution in [0.2, 0.25) is 0 Å². The minimum Gasteiger partial charge on any atom is -0.550 e. The molecule has 5 rings (SSSR count). The topological polar surface area (TPSA) is 90.8 Å². The van der Waals surface area contributed by atoms with Crippen molar-refractivity contribution in [1.29, 1.82) is 0 Å². The van der Waals surface area contributed by atoms with Gasteiger partial charge in [0.15, 0.2) is 5.17 Å². The first kappa shape index (κ1) is 26.7. The molecule has 0 saturated carbocycles. The summed E-state index contributed by atoms with van der Waals surface area (Å²) in [6.07, 6.45) is 1.69. The molecular formula is C29H21N2NaO4S. The van der Waals surface area contributed by atoms with Gasteiger partial charge in [-0.05, 0) is 75.6 Å². The van der Waals surface area contributed by atoms with Crippen LogP contribution in [0.5, 0.6) is 5.75 Å². The van der Waals surface area contributed by atoms with Crippen molar-refractivity contribution in [1.82, 2.24) is 5.32 Å². The normalized spacial score (nSPS) is 15.0. The summed E-state index contributed by atoms with van der Waals surface area (Å²) >= 11 is 1.26. The molecule has 1 fully saturated rings. The first-order chi connectivity index (χ1) is 17.5. The third kappa shape index (κ3) is 7.11. The van der Waals surface area contributed by atoms with E-state index in [0.717, 1.165) is 27.6 Å². The molecule has 1 aliphatic heterocycles. The molecule has 4 aromatic carbocycles. The first-order valence-electron chi connectivity index (χ1n) is 11.3. The van der Waals surface area contributed by atoms with E-state index >= 15 is 0 Å². The smallest absolute Gasteiger partial charge is 0.550 e. The summed E-state index contributed by atoms with van der Waals surface area (Å²) in [5.74, 6) is -0.540. The number of thioether (sulfide) groups is 1. The van der Waals surface area contributed by atoms with Crippen LogP contribution in [0.15, 0.2) is 101 Å². The zero-order valence-electron chi connectivity index (χ0n) is 20.1. The molecule has 0 aromatic heterocycles. The number of hydrogen-bond donors (Lipinski definition) is 1. The van der Waals surface area contributed by atoms with E-state index < -0.39 is 5.97 Å². The quantitative estimate of drug-likeness (QED) is 0.298. The fraction of sp³-hybridized carbons (Fsp3) is 0.0690. The molecule has 6 nitrogen and oxygen atoms in total. The van der Waals surface area contributed by atoms with Gasteiger partial charge >= 0.3 is 29.6 Å². The second-order valence-corrected chi connectivity index (χ2v) is 9.27. The van der Waals surface area contributed by atoms with Gasteiger partial charge in [0, 0.05) is 12.4 Å². The van der Waals surface area contributed by atoms with E-state index in [1.54, 1.807) is 24.3 Å². The van der Waals surface area contributed by atoms with Gasteiger partial charge in [-0.15, -0.1) is 0 Å². The van der Waals surface area contributed by atoms with Gasteiger partial charge in [0.25, 0.3) is 5.91 Å². The Bertz CT molecular complexity index is 1500. The van der Waals surface area contributed by atoms with Crippen molar-refractivity contribution in [3.8, 4) is 5.75 Å². The SMILES string of the molecule is O=C([O-])Cc1ccc(N=C2NC(=O)C(=Cc3ccc4cc(OCc5ccccc5)ccc4c3)S2)cc1.[Na+]. The fourth-order valence-electron chi connectivity index (χ4n) is 3.77. The second-order valence-electron chi connectivity index (χ2n) is 8.24. The number of benzene rings is 4. The van der Waals surface area contributed by atoms with E-state index in [4.69, 9.17) is 4.74 Å². The largest absolute Gasteiger partial charge is 1.00 e. The predicted molar refractivity (Wildman–Crippen MR) is 141 cm³/mol. The average Bonchev–Trinajstić information content (AvgIpc) is 3.22. The molecule has 0 aliphatic carbocycles. The number of carbonyl (C=O) groups is 2. The van der Waals surface area contributed by atoms with Gasteiger partial charge in [-0.3, -0.25) is 4.79 Å². The van der Waals surface area contributed by atoms with Crippen LogP contribution in [0.1, 0.15) is 16.7 Å². The Labute approximate surface area is 240 Å². The summed E-state index contributed by atoms with van der Waals surface area (Å²) in [5, 5.41) is 16.1. The van der Waals surface area contributed by atoms with E-state index in [0.29, 0.717) is 27.9 Å². The summed E-state index contributed by atoms with van der Waals surface area (Å²) in [6.45, 7) is 0.511. The molecule has 1 heterocycles. The van der Waals surface area contributed by atoms with E-state index in [1.807, 2.05) is 72.8 Å². The maximum Gasteiger partial charge on any atom is 1.00 e. The number of carbonyl (C=O) groups excluding carboxylic acids is 2. The van der Waals surface area contributed by atoms with Crippen LogP contribution in [0.3, 0.4) is 0 Å².